The Hall–Kier alpha value is -1.88. The summed E-state index contributed by atoms with van der Waals surface area (Å²) in [6.07, 6.45) is 0.347. The largest absolute Gasteiger partial charge is 0.369 e. The first-order valence-corrected chi connectivity index (χ1v) is 5.40. The molecule has 1 aromatic rings. The van der Waals surface area contributed by atoms with Gasteiger partial charge < -0.3 is 16.8 Å². The summed E-state index contributed by atoms with van der Waals surface area (Å²) < 4.78 is 0. The zero-order valence-electron chi connectivity index (χ0n) is 9.77. The predicted molar refractivity (Wildman–Crippen MR) is 66.2 cm³/mol. The van der Waals surface area contributed by atoms with E-state index in [4.69, 9.17) is 11.5 Å². The van der Waals surface area contributed by atoms with E-state index in [0.717, 1.165) is 0 Å². The third-order valence-corrected chi connectivity index (χ3v) is 2.16. The molecule has 17 heavy (non-hydrogen) atoms. The number of carbonyl (C=O) groups excluding carboxylic acids is 2. The number of rotatable bonds is 5. The minimum atomic E-state index is -0.432. The second-order valence-electron chi connectivity index (χ2n) is 4.03. The lowest BCUT2D eigenvalue weighted by Crippen LogP contribution is -2.24. The molecule has 0 saturated carbocycles. The molecule has 0 radical (unpaired) electrons. The van der Waals surface area contributed by atoms with E-state index in [0.29, 0.717) is 11.3 Å². The average Bonchev–Trinajstić information content (AvgIpc) is 2.18. The molecule has 0 aromatic heterocycles. The monoisotopic (exact) mass is 235 g/mol. The lowest BCUT2D eigenvalue weighted by atomic mass is 10.1. The molecule has 1 unspecified atom stereocenters. The van der Waals surface area contributed by atoms with Crippen molar-refractivity contribution in [2.24, 2.45) is 11.5 Å². The summed E-state index contributed by atoms with van der Waals surface area (Å²) in [7, 11) is 0. The van der Waals surface area contributed by atoms with Gasteiger partial charge in [0.2, 0.25) is 11.8 Å². The van der Waals surface area contributed by atoms with Crippen LogP contribution in [0.5, 0.6) is 0 Å². The van der Waals surface area contributed by atoms with E-state index in [-0.39, 0.29) is 24.8 Å². The van der Waals surface area contributed by atoms with Crippen molar-refractivity contribution in [1.82, 2.24) is 0 Å². The van der Waals surface area contributed by atoms with Crippen molar-refractivity contribution in [2.75, 3.05) is 5.32 Å². The van der Waals surface area contributed by atoms with Crippen LogP contribution in [-0.2, 0) is 16.0 Å². The second-order valence-corrected chi connectivity index (χ2v) is 4.03. The van der Waals surface area contributed by atoms with Crippen molar-refractivity contribution in [3.05, 3.63) is 29.8 Å². The maximum absolute atomic E-state index is 11.6. The molecular weight excluding hydrogens is 218 g/mol. The number of benzene rings is 1. The van der Waals surface area contributed by atoms with Gasteiger partial charge >= 0.3 is 0 Å². The molecule has 5 N–H and O–H groups in total. The van der Waals surface area contributed by atoms with Crippen molar-refractivity contribution in [2.45, 2.75) is 25.8 Å². The standard InChI is InChI=1S/C12H17N3O2/c1-8(13)6-12(17)15-10-5-3-2-4-9(10)7-11(14)16/h2-5,8H,6-7,13H2,1H3,(H2,14,16)(H,15,17). The molecule has 92 valence electrons. The number of nitrogens with one attached hydrogen (secondary N) is 1. The van der Waals surface area contributed by atoms with Crippen LogP contribution in [0.1, 0.15) is 18.9 Å². The van der Waals surface area contributed by atoms with Crippen LogP contribution in [0, 0.1) is 0 Å². The van der Waals surface area contributed by atoms with E-state index in [2.05, 4.69) is 5.32 Å². The first-order chi connectivity index (χ1) is 7.99. The van der Waals surface area contributed by atoms with Crippen LogP contribution >= 0.6 is 0 Å². The third-order valence-electron chi connectivity index (χ3n) is 2.16. The Bertz CT molecular complexity index is 416. The fourth-order valence-corrected chi connectivity index (χ4v) is 1.48. The minimum Gasteiger partial charge on any atom is -0.369 e. The second kappa shape index (κ2) is 6.00. The van der Waals surface area contributed by atoms with Gasteiger partial charge in [0.15, 0.2) is 0 Å². The Morgan fingerprint density at radius 2 is 2.00 bits per heavy atom. The van der Waals surface area contributed by atoms with Crippen LogP contribution < -0.4 is 16.8 Å². The van der Waals surface area contributed by atoms with E-state index in [1.807, 2.05) is 0 Å². The van der Waals surface area contributed by atoms with Crippen LogP contribution in [-0.4, -0.2) is 17.9 Å². The minimum absolute atomic E-state index is 0.106. The van der Waals surface area contributed by atoms with Gasteiger partial charge in [0, 0.05) is 18.2 Å². The van der Waals surface area contributed by atoms with E-state index in [9.17, 15) is 9.59 Å². The van der Waals surface area contributed by atoms with Gasteiger partial charge in [-0.25, -0.2) is 0 Å². The van der Waals surface area contributed by atoms with E-state index in [1.54, 1.807) is 31.2 Å². The Labute approximate surface area is 100 Å². The summed E-state index contributed by atoms with van der Waals surface area (Å²) in [6.45, 7) is 1.76. The normalized spacial score (nSPS) is 11.9. The number of nitrogens with two attached hydrogens (primary N) is 2. The van der Waals surface area contributed by atoms with Crippen molar-refractivity contribution in [3.8, 4) is 0 Å². The van der Waals surface area contributed by atoms with Crippen LogP contribution in [0.4, 0.5) is 5.69 Å². The molecule has 0 spiro atoms. The molecule has 0 aliphatic rings. The maximum atomic E-state index is 11.6. The molecule has 5 heteroatoms. The fraction of sp³-hybridized carbons (Fsp3) is 0.333. The summed E-state index contributed by atoms with van der Waals surface area (Å²) in [5.74, 6) is -0.601. The number of carbonyl (C=O) groups is 2. The number of anilines is 1. The van der Waals surface area contributed by atoms with Gasteiger partial charge in [-0.2, -0.15) is 0 Å². The lowest BCUT2D eigenvalue weighted by Gasteiger charge is -2.11. The highest BCUT2D eigenvalue weighted by atomic mass is 16.2. The first kappa shape index (κ1) is 13.2. The molecule has 1 aromatic carbocycles. The van der Waals surface area contributed by atoms with E-state index >= 15 is 0 Å². The number of primary amides is 1. The summed E-state index contributed by atoms with van der Waals surface area (Å²) in [5.41, 5.74) is 12.0. The quantitative estimate of drug-likeness (QED) is 0.688. The predicted octanol–water partition coefficient (Wildman–Crippen LogP) is 0.390. The Balaban J connectivity index is 2.76. The highest BCUT2D eigenvalue weighted by Gasteiger charge is 2.09. The topological polar surface area (TPSA) is 98.2 Å². The Morgan fingerprint density at radius 3 is 2.59 bits per heavy atom. The van der Waals surface area contributed by atoms with Gasteiger partial charge in [-0.15, -0.1) is 0 Å². The summed E-state index contributed by atoms with van der Waals surface area (Å²) >= 11 is 0. The number of hydrogen-bond acceptors (Lipinski definition) is 3. The highest BCUT2D eigenvalue weighted by molar-refractivity contribution is 5.92. The van der Waals surface area contributed by atoms with Gasteiger partial charge in [-0.05, 0) is 18.6 Å². The molecule has 0 aliphatic heterocycles. The molecule has 0 aliphatic carbocycles. The summed E-state index contributed by atoms with van der Waals surface area (Å²) in [5, 5.41) is 2.72. The molecule has 1 rings (SSSR count). The van der Waals surface area contributed by atoms with Crippen LogP contribution in [0.15, 0.2) is 24.3 Å². The molecule has 0 bridgehead atoms. The van der Waals surface area contributed by atoms with Gasteiger partial charge in [-0.3, -0.25) is 9.59 Å². The van der Waals surface area contributed by atoms with E-state index in [1.165, 1.54) is 0 Å². The van der Waals surface area contributed by atoms with Crippen LogP contribution in [0.25, 0.3) is 0 Å². The van der Waals surface area contributed by atoms with Gasteiger partial charge in [0.05, 0.1) is 6.42 Å². The molecule has 5 nitrogen and oxygen atoms in total. The van der Waals surface area contributed by atoms with Gasteiger partial charge in [0.25, 0.3) is 0 Å². The first-order valence-electron chi connectivity index (χ1n) is 5.40. The summed E-state index contributed by atoms with van der Waals surface area (Å²) in [6, 6.07) is 6.87. The van der Waals surface area contributed by atoms with Crippen molar-refractivity contribution in [1.29, 1.82) is 0 Å². The van der Waals surface area contributed by atoms with Crippen molar-refractivity contribution >= 4 is 17.5 Å². The fourth-order valence-electron chi connectivity index (χ4n) is 1.48. The number of para-hydroxylation sites is 1. The van der Waals surface area contributed by atoms with Crippen LogP contribution in [0.3, 0.4) is 0 Å². The molecule has 0 fully saturated rings. The van der Waals surface area contributed by atoms with Crippen LogP contribution in [0.2, 0.25) is 0 Å². The zero-order chi connectivity index (χ0) is 12.8. The number of hydrogen-bond donors (Lipinski definition) is 3. The molecule has 0 saturated heterocycles. The molecule has 0 heterocycles. The molecule has 2 amide bonds. The van der Waals surface area contributed by atoms with Crippen molar-refractivity contribution < 1.29 is 9.59 Å². The molecular formula is C12H17N3O2. The highest BCUT2D eigenvalue weighted by Crippen LogP contribution is 2.15. The Morgan fingerprint density at radius 1 is 1.35 bits per heavy atom. The van der Waals surface area contributed by atoms with Gasteiger partial charge in [0.1, 0.15) is 0 Å². The maximum Gasteiger partial charge on any atom is 0.225 e. The lowest BCUT2D eigenvalue weighted by molar-refractivity contribution is -0.118. The smallest absolute Gasteiger partial charge is 0.225 e. The molecule has 1 atom stereocenters. The third kappa shape index (κ3) is 4.65. The van der Waals surface area contributed by atoms with Gasteiger partial charge in [-0.1, -0.05) is 18.2 Å². The number of amides is 2. The SMILES string of the molecule is CC(N)CC(=O)Nc1ccccc1CC(N)=O. The summed E-state index contributed by atoms with van der Waals surface area (Å²) in [4.78, 5) is 22.4. The van der Waals surface area contributed by atoms with E-state index < -0.39 is 5.91 Å². The van der Waals surface area contributed by atoms with Crippen molar-refractivity contribution in [3.63, 3.8) is 0 Å². The zero-order valence-corrected chi connectivity index (χ0v) is 9.77. The average molecular weight is 235 g/mol. The Kier molecular flexibility index (Phi) is 4.66.